The van der Waals surface area contributed by atoms with Crippen LogP contribution in [0.2, 0.25) is 0 Å². The third kappa shape index (κ3) is 4.40. The zero-order chi connectivity index (χ0) is 11.1. The third-order valence-corrected chi connectivity index (χ3v) is 2.45. The fraction of sp³-hybridized carbons (Fsp3) is 0.727. The Morgan fingerprint density at radius 1 is 1.50 bits per heavy atom. The molecule has 0 aromatic rings. The Hall–Kier alpha value is -0.860. The van der Waals surface area contributed by atoms with Gasteiger partial charge in [-0.3, -0.25) is 0 Å². The van der Waals surface area contributed by atoms with Crippen LogP contribution in [0.5, 0.6) is 0 Å². The molecule has 0 fully saturated rings. The van der Waals surface area contributed by atoms with E-state index in [-0.39, 0.29) is 5.57 Å². The van der Waals surface area contributed by atoms with Crippen molar-refractivity contribution in [1.29, 1.82) is 0 Å². The smallest absolute Gasteiger partial charge is 0.331 e. The first-order valence-electron chi connectivity index (χ1n) is 5.06. The van der Waals surface area contributed by atoms with Crippen molar-refractivity contribution in [3.63, 3.8) is 0 Å². The first-order valence-corrected chi connectivity index (χ1v) is 5.06. The summed E-state index contributed by atoms with van der Waals surface area (Å²) in [5, 5.41) is 8.61. The van der Waals surface area contributed by atoms with Gasteiger partial charge < -0.3 is 5.11 Å². The van der Waals surface area contributed by atoms with Crippen LogP contribution in [0.1, 0.15) is 39.5 Å². The molecule has 14 heavy (non-hydrogen) atoms. The number of aliphatic carboxylic acids is 1. The summed E-state index contributed by atoms with van der Waals surface area (Å²) in [5.41, 5.74) is -0.0333. The summed E-state index contributed by atoms with van der Waals surface area (Å²) in [4.78, 5) is 10.5. The number of hydrogen-bond donors (Lipinski definition) is 1. The topological polar surface area (TPSA) is 37.3 Å². The van der Waals surface area contributed by atoms with E-state index in [1.54, 1.807) is 6.92 Å². The number of rotatable bonds is 7. The van der Waals surface area contributed by atoms with Gasteiger partial charge in [-0.05, 0) is 6.42 Å². The second-order valence-corrected chi connectivity index (χ2v) is 3.63. The molecule has 0 aliphatic heterocycles. The minimum atomic E-state index is -1.10. The van der Waals surface area contributed by atoms with Crippen LogP contribution in [0.4, 0.5) is 4.39 Å². The molecule has 0 saturated heterocycles. The minimum absolute atomic E-state index is 0.0333. The molecule has 0 amide bonds. The fourth-order valence-corrected chi connectivity index (χ4v) is 1.25. The van der Waals surface area contributed by atoms with Gasteiger partial charge in [0.15, 0.2) is 0 Å². The highest BCUT2D eigenvalue weighted by Gasteiger charge is 2.22. The summed E-state index contributed by atoms with van der Waals surface area (Å²) >= 11 is 0. The van der Waals surface area contributed by atoms with E-state index < -0.39 is 18.1 Å². The lowest BCUT2D eigenvalue weighted by molar-refractivity contribution is -0.133. The van der Waals surface area contributed by atoms with Crippen LogP contribution < -0.4 is 0 Å². The van der Waals surface area contributed by atoms with Gasteiger partial charge >= 0.3 is 5.97 Å². The molecule has 0 aliphatic carbocycles. The monoisotopic (exact) mass is 202 g/mol. The molecule has 0 spiro atoms. The third-order valence-electron chi connectivity index (χ3n) is 2.45. The Balaban J connectivity index is 3.92. The molecule has 0 bridgehead atoms. The molecule has 2 nitrogen and oxygen atoms in total. The summed E-state index contributed by atoms with van der Waals surface area (Å²) in [5.74, 6) is -1.68. The molecular formula is C11H19FO2. The Kier molecular flexibility index (Phi) is 6.17. The van der Waals surface area contributed by atoms with Crippen LogP contribution in [-0.2, 0) is 4.79 Å². The van der Waals surface area contributed by atoms with Gasteiger partial charge in [0.25, 0.3) is 0 Å². The van der Waals surface area contributed by atoms with Crippen LogP contribution in [0, 0.1) is 5.92 Å². The van der Waals surface area contributed by atoms with Crippen molar-refractivity contribution in [3.8, 4) is 0 Å². The van der Waals surface area contributed by atoms with Crippen molar-refractivity contribution < 1.29 is 14.3 Å². The van der Waals surface area contributed by atoms with Crippen LogP contribution >= 0.6 is 0 Å². The number of alkyl halides is 1. The second-order valence-electron chi connectivity index (χ2n) is 3.63. The zero-order valence-corrected chi connectivity index (χ0v) is 8.92. The van der Waals surface area contributed by atoms with Crippen molar-refractivity contribution in [2.45, 2.75) is 45.7 Å². The maximum atomic E-state index is 13.4. The molecule has 2 unspecified atom stereocenters. The van der Waals surface area contributed by atoms with Crippen molar-refractivity contribution in [2.24, 2.45) is 5.92 Å². The van der Waals surface area contributed by atoms with Gasteiger partial charge in [-0.2, -0.15) is 0 Å². The largest absolute Gasteiger partial charge is 0.478 e. The predicted molar refractivity (Wildman–Crippen MR) is 55.0 cm³/mol. The number of halogens is 1. The van der Waals surface area contributed by atoms with Gasteiger partial charge in [0, 0.05) is 11.5 Å². The molecule has 0 saturated carbocycles. The van der Waals surface area contributed by atoms with E-state index in [1.807, 2.05) is 6.92 Å². The van der Waals surface area contributed by atoms with Crippen LogP contribution in [0.15, 0.2) is 12.2 Å². The van der Waals surface area contributed by atoms with Gasteiger partial charge in [0.05, 0.1) is 0 Å². The van der Waals surface area contributed by atoms with E-state index >= 15 is 0 Å². The van der Waals surface area contributed by atoms with Crippen LogP contribution in [0.25, 0.3) is 0 Å². The summed E-state index contributed by atoms with van der Waals surface area (Å²) in [6.45, 7) is 6.99. The molecule has 0 heterocycles. The maximum absolute atomic E-state index is 13.4. The van der Waals surface area contributed by atoms with Gasteiger partial charge in [-0.1, -0.05) is 39.7 Å². The molecule has 1 N–H and O–H groups in total. The normalized spacial score (nSPS) is 14.8. The fourth-order valence-electron chi connectivity index (χ4n) is 1.25. The summed E-state index contributed by atoms with van der Waals surface area (Å²) in [6.07, 6.45) is 2.20. The molecule has 0 rings (SSSR count). The second kappa shape index (κ2) is 6.57. The zero-order valence-electron chi connectivity index (χ0n) is 8.92. The molecule has 0 aromatic heterocycles. The highest BCUT2D eigenvalue weighted by Crippen LogP contribution is 2.21. The molecular weight excluding hydrogens is 183 g/mol. The average molecular weight is 202 g/mol. The van der Waals surface area contributed by atoms with Gasteiger partial charge in [0.1, 0.15) is 6.17 Å². The first-order chi connectivity index (χ1) is 6.50. The Morgan fingerprint density at radius 2 is 2.07 bits per heavy atom. The van der Waals surface area contributed by atoms with Crippen molar-refractivity contribution >= 4 is 5.97 Å². The molecule has 0 radical (unpaired) electrons. The summed E-state index contributed by atoms with van der Waals surface area (Å²) in [6, 6.07) is 0. The Labute approximate surface area is 84.8 Å². The number of hydrogen-bond acceptors (Lipinski definition) is 1. The van der Waals surface area contributed by atoms with E-state index in [0.29, 0.717) is 6.42 Å². The number of carbonyl (C=O) groups is 1. The maximum Gasteiger partial charge on any atom is 0.331 e. The van der Waals surface area contributed by atoms with Gasteiger partial charge in [-0.15, -0.1) is 0 Å². The quantitative estimate of drug-likeness (QED) is 0.508. The summed E-state index contributed by atoms with van der Waals surface area (Å²) in [7, 11) is 0. The molecule has 0 aromatic carbocycles. The molecule has 0 aliphatic rings. The molecule has 82 valence electrons. The van der Waals surface area contributed by atoms with E-state index in [9.17, 15) is 9.18 Å². The Morgan fingerprint density at radius 3 is 2.50 bits per heavy atom. The van der Waals surface area contributed by atoms with Gasteiger partial charge in [0.2, 0.25) is 0 Å². The van der Waals surface area contributed by atoms with Gasteiger partial charge in [-0.25, -0.2) is 9.18 Å². The lowest BCUT2D eigenvalue weighted by atomic mass is 9.94. The number of carboxylic acids is 1. The number of unbranched alkanes of at least 4 members (excludes halogenated alkanes) is 2. The lowest BCUT2D eigenvalue weighted by Gasteiger charge is -2.16. The SMILES string of the molecule is C=C(C(=O)O)C(C)C(F)CCCCC. The lowest BCUT2D eigenvalue weighted by Crippen LogP contribution is -2.19. The van der Waals surface area contributed by atoms with E-state index in [2.05, 4.69) is 6.58 Å². The highest BCUT2D eigenvalue weighted by atomic mass is 19.1. The standard InChI is InChI=1S/C11H19FO2/c1-4-5-6-7-10(12)8(2)9(3)11(13)14/h8,10H,3-7H2,1-2H3,(H,13,14). The van der Waals surface area contributed by atoms with Crippen molar-refractivity contribution in [3.05, 3.63) is 12.2 Å². The van der Waals surface area contributed by atoms with E-state index in [4.69, 9.17) is 5.11 Å². The van der Waals surface area contributed by atoms with Crippen LogP contribution in [-0.4, -0.2) is 17.2 Å². The molecule has 3 heteroatoms. The molecule has 2 atom stereocenters. The predicted octanol–water partition coefficient (Wildman–Crippen LogP) is 3.18. The summed E-state index contributed by atoms with van der Waals surface area (Å²) < 4.78 is 13.4. The number of carboxylic acid groups (broad SMARTS) is 1. The minimum Gasteiger partial charge on any atom is -0.478 e. The van der Waals surface area contributed by atoms with E-state index in [0.717, 1.165) is 19.3 Å². The van der Waals surface area contributed by atoms with Crippen molar-refractivity contribution in [2.75, 3.05) is 0 Å². The van der Waals surface area contributed by atoms with Crippen molar-refractivity contribution in [1.82, 2.24) is 0 Å². The highest BCUT2D eigenvalue weighted by molar-refractivity contribution is 5.86. The first kappa shape index (κ1) is 13.1. The average Bonchev–Trinajstić information content (AvgIpc) is 2.15. The van der Waals surface area contributed by atoms with E-state index in [1.165, 1.54) is 0 Å². The van der Waals surface area contributed by atoms with Crippen LogP contribution in [0.3, 0.4) is 0 Å². The Bertz CT molecular complexity index is 201.